The molecule has 0 unspecified atom stereocenters. The number of amides is 2. The van der Waals surface area contributed by atoms with Gasteiger partial charge >= 0.3 is 12.0 Å². The number of nitrogens with one attached hydrogen (secondary N) is 1. The number of anilines is 1. The van der Waals surface area contributed by atoms with E-state index in [0.717, 1.165) is 5.69 Å². The van der Waals surface area contributed by atoms with Crippen LogP contribution in [0.5, 0.6) is 0 Å². The van der Waals surface area contributed by atoms with Gasteiger partial charge < -0.3 is 15.3 Å². The highest BCUT2D eigenvalue weighted by molar-refractivity contribution is 5.89. The molecule has 0 spiro atoms. The zero-order valence-corrected chi connectivity index (χ0v) is 12.6. The van der Waals surface area contributed by atoms with Crippen molar-refractivity contribution in [1.82, 2.24) is 4.90 Å². The van der Waals surface area contributed by atoms with E-state index >= 15 is 0 Å². The van der Waals surface area contributed by atoms with Crippen LogP contribution in [0.15, 0.2) is 24.3 Å². The Morgan fingerprint density at radius 2 is 1.86 bits per heavy atom. The lowest BCUT2D eigenvalue weighted by Crippen LogP contribution is -2.42. The number of urea groups is 1. The first-order valence-electron chi connectivity index (χ1n) is 8.02. The van der Waals surface area contributed by atoms with Crippen molar-refractivity contribution in [2.24, 2.45) is 5.92 Å². The fourth-order valence-electron chi connectivity index (χ4n) is 3.14. The zero-order valence-electron chi connectivity index (χ0n) is 12.6. The number of nitrogens with zero attached hydrogens (tertiary/aromatic N) is 1. The van der Waals surface area contributed by atoms with Crippen LogP contribution in [0.2, 0.25) is 0 Å². The SMILES string of the molecule is O=C(O)C1CCN(C(=O)Nc2cccc(C3CCC3)c2)CC1. The van der Waals surface area contributed by atoms with Gasteiger partial charge in [0.15, 0.2) is 0 Å². The highest BCUT2D eigenvalue weighted by atomic mass is 16.4. The van der Waals surface area contributed by atoms with E-state index < -0.39 is 5.97 Å². The van der Waals surface area contributed by atoms with Crippen molar-refractivity contribution < 1.29 is 14.7 Å². The molecule has 1 aliphatic heterocycles. The molecule has 0 aromatic heterocycles. The summed E-state index contributed by atoms with van der Waals surface area (Å²) in [4.78, 5) is 24.9. The molecule has 1 saturated heterocycles. The van der Waals surface area contributed by atoms with Crippen LogP contribution in [0, 0.1) is 5.92 Å². The van der Waals surface area contributed by atoms with Gasteiger partial charge in [-0.05, 0) is 49.3 Å². The number of carboxylic acids is 1. The van der Waals surface area contributed by atoms with Gasteiger partial charge in [0.2, 0.25) is 0 Å². The second kappa shape index (κ2) is 6.38. The standard InChI is InChI=1S/C17H22N2O3/c20-16(21)13-7-9-19(10-8-13)17(22)18-15-6-2-5-14(11-15)12-3-1-4-12/h2,5-6,11-13H,1,3-4,7-10H2,(H,18,22)(H,20,21). The maximum absolute atomic E-state index is 12.3. The average Bonchev–Trinajstić information content (AvgIpc) is 2.46. The minimum atomic E-state index is -0.756. The molecular formula is C17H22N2O3. The molecule has 3 rings (SSSR count). The summed E-state index contributed by atoms with van der Waals surface area (Å²) in [6, 6.07) is 7.95. The minimum Gasteiger partial charge on any atom is -0.481 e. The van der Waals surface area contributed by atoms with E-state index in [4.69, 9.17) is 5.11 Å². The van der Waals surface area contributed by atoms with E-state index in [2.05, 4.69) is 17.4 Å². The van der Waals surface area contributed by atoms with Gasteiger partial charge in [0.1, 0.15) is 0 Å². The highest BCUT2D eigenvalue weighted by Crippen LogP contribution is 2.37. The fourth-order valence-corrected chi connectivity index (χ4v) is 3.14. The first kappa shape index (κ1) is 14.9. The molecule has 0 radical (unpaired) electrons. The van der Waals surface area contributed by atoms with Gasteiger partial charge in [-0.15, -0.1) is 0 Å². The van der Waals surface area contributed by atoms with E-state index in [0.29, 0.717) is 31.8 Å². The molecule has 22 heavy (non-hydrogen) atoms. The topological polar surface area (TPSA) is 69.6 Å². The maximum Gasteiger partial charge on any atom is 0.321 e. The smallest absolute Gasteiger partial charge is 0.321 e. The second-order valence-corrected chi connectivity index (χ2v) is 6.28. The lowest BCUT2D eigenvalue weighted by atomic mass is 9.80. The minimum absolute atomic E-state index is 0.130. The summed E-state index contributed by atoms with van der Waals surface area (Å²) in [5.41, 5.74) is 2.13. The summed E-state index contributed by atoms with van der Waals surface area (Å²) in [6.45, 7) is 1.01. The summed E-state index contributed by atoms with van der Waals surface area (Å²) >= 11 is 0. The molecule has 0 atom stereocenters. The second-order valence-electron chi connectivity index (χ2n) is 6.28. The van der Waals surface area contributed by atoms with Crippen LogP contribution in [0.4, 0.5) is 10.5 Å². The third kappa shape index (κ3) is 3.24. The quantitative estimate of drug-likeness (QED) is 0.900. The van der Waals surface area contributed by atoms with Gasteiger partial charge in [0, 0.05) is 18.8 Å². The summed E-state index contributed by atoms with van der Waals surface area (Å²) < 4.78 is 0. The van der Waals surface area contributed by atoms with Crippen molar-refractivity contribution in [2.75, 3.05) is 18.4 Å². The average molecular weight is 302 g/mol. The van der Waals surface area contributed by atoms with Crippen LogP contribution < -0.4 is 5.32 Å². The number of aliphatic carboxylic acids is 1. The molecule has 1 aromatic rings. The van der Waals surface area contributed by atoms with Crippen molar-refractivity contribution in [1.29, 1.82) is 0 Å². The van der Waals surface area contributed by atoms with Crippen LogP contribution in [0.1, 0.15) is 43.6 Å². The summed E-state index contributed by atoms with van der Waals surface area (Å²) in [7, 11) is 0. The molecule has 2 N–H and O–H groups in total. The Morgan fingerprint density at radius 1 is 1.14 bits per heavy atom. The van der Waals surface area contributed by atoms with Gasteiger partial charge in [0.25, 0.3) is 0 Å². The fraction of sp³-hybridized carbons (Fsp3) is 0.529. The van der Waals surface area contributed by atoms with Gasteiger partial charge in [-0.2, -0.15) is 0 Å². The number of carbonyl (C=O) groups excluding carboxylic acids is 1. The third-order valence-corrected chi connectivity index (χ3v) is 4.85. The summed E-state index contributed by atoms with van der Waals surface area (Å²) in [6.07, 6.45) is 4.83. The van der Waals surface area contributed by atoms with Crippen molar-refractivity contribution >= 4 is 17.7 Å². The number of likely N-dealkylation sites (tertiary alicyclic amines) is 1. The molecule has 0 bridgehead atoms. The Hall–Kier alpha value is -2.04. The number of piperidine rings is 1. The molecule has 118 valence electrons. The van der Waals surface area contributed by atoms with Crippen LogP contribution >= 0.6 is 0 Å². The van der Waals surface area contributed by atoms with Gasteiger partial charge in [-0.1, -0.05) is 18.6 Å². The van der Waals surface area contributed by atoms with E-state index in [1.54, 1.807) is 4.90 Å². The Bertz CT molecular complexity index is 561. The first-order chi connectivity index (χ1) is 10.6. The molecular weight excluding hydrogens is 280 g/mol. The van der Waals surface area contributed by atoms with Gasteiger partial charge in [0.05, 0.1) is 5.92 Å². The molecule has 1 aliphatic carbocycles. The molecule has 5 nitrogen and oxygen atoms in total. The molecule has 1 heterocycles. The highest BCUT2D eigenvalue weighted by Gasteiger charge is 2.27. The monoisotopic (exact) mass is 302 g/mol. The van der Waals surface area contributed by atoms with Crippen molar-refractivity contribution in [3.8, 4) is 0 Å². The van der Waals surface area contributed by atoms with E-state index in [1.807, 2.05) is 12.1 Å². The van der Waals surface area contributed by atoms with Crippen LogP contribution in [0.25, 0.3) is 0 Å². The Kier molecular flexibility index (Phi) is 4.32. The molecule has 5 heteroatoms. The van der Waals surface area contributed by atoms with Crippen molar-refractivity contribution in [2.45, 2.75) is 38.0 Å². The van der Waals surface area contributed by atoms with Gasteiger partial charge in [-0.25, -0.2) is 4.79 Å². The first-order valence-corrected chi connectivity index (χ1v) is 8.02. The molecule has 2 fully saturated rings. The normalized spacial score (nSPS) is 19.5. The van der Waals surface area contributed by atoms with E-state index in [9.17, 15) is 9.59 Å². The number of hydrogen-bond donors (Lipinski definition) is 2. The number of carbonyl (C=O) groups is 2. The Labute approximate surface area is 130 Å². The predicted molar refractivity (Wildman–Crippen MR) is 84.0 cm³/mol. The Morgan fingerprint density at radius 3 is 2.45 bits per heavy atom. The van der Waals surface area contributed by atoms with Crippen LogP contribution in [-0.2, 0) is 4.79 Å². The number of hydrogen-bond acceptors (Lipinski definition) is 2. The Balaban J connectivity index is 1.56. The van der Waals surface area contributed by atoms with Crippen molar-refractivity contribution in [3.05, 3.63) is 29.8 Å². The van der Waals surface area contributed by atoms with Crippen molar-refractivity contribution in [3.63, 3.8) is 0 Å². The van der Waals surface area contributed by atoms with E-state index in [-0.39, 0.29) is 11.9 Å². The molecule has 2 amide bonds. The maximum atomic E-state index is 12.3. The zero-order chi connectivity index (χ0) is 15.5. The van der Waals surface area contributed by atoms with Crippen LogP contribution in [0.3, 0.4) is 0 Å². The van der Waals surface area contributed by atoms with Crippen LogP contribution in [-0.4, -0.2) is 35.1 Å². The largest absolute Gasteiger partial charge is 0.481 e. The summed E-state index contributed by atoms with van der Waals surface area (Å²) in [5.74, 6) is -0.428. The lowest BCUT2D eigenvalue weighted by molar-refractivity contribution is -0.143. The molecule has 1 saturated carbocycles. The number of benzene rings is 1. The number of rotatable bonds is 3. The molecule has 2 aliphatic rings. The number of carboxylic acid groups (broad SMARTS) is 1. The predicted octanol–water partition coefficient (Wildman–Crippen LogP) is 3.28. The van der Waals surface area contributed by atoms with Gasteiger partial charge in [-0.3, -0.25) is 4.79 Å². The molecule has 1 aromatic carbocycles. The third-order valence-electron chi connectivity index (χ3n) is 4.85. The lowest BCUT2D eigenvalue weighted by Gasteiger charge is -2.30. The van der Waals surface area contributed by atoms with E-state index in [1.165, 1.54) is 24.8 Å². The summed E-state index contributed by atoms with van der Waals surface area (Å²) in [5, 5.41) is 11.9.